The third-order valence-electron chi connectivity index (χ3n) is 2.00. The van der Waals surface area contributed by atoms with Crippen LogP contribution in [0, 0.1) is 12.8 Å². The SMILES string of the molecule is Cc1ncccc1OCC(C)CS(N)(=O)=O. The van der Waals surface area contributed by atoms with Crippen molar-refractivity contribution in [3.8, 4) is 5.75 Å². The molecule has 1 unspecified atom stereocenters. The lowest BCUT2D eigenvalue weighted by atomic mass is 10.2. The van der Waals surface area contributed by atoms with Crippen LogP contribution in [-0.4, -0.2) is 25.8 Å². The maximum atomic E-state index is 10.8. The fourth-order valence-corrected chi connectivity index (χ4v) is 2.19. The van der Waals surface area contributed by atoms with E-state index in [1.165, 1.54) is 0 Å². The lowest BCUT2D eigenvalue weighted by Crippen LogP contribution is -2.25. The zero-order chi connectivity index (χ0) is 12.2. The number of sulfonamides is 1. The summed E-state index contributed by atoms with van der Waals surface area (Å²) in [5, 5.41) is 4.94. The minimum Gasteiger partial charge on any atom is -0.491 e. The molecule has 6 heteroatoms. The smallest absolute Gasteiger partial charge is 0.209 e. The number of primary sulfonamides is 1. The van der Waals surface area contributed by atoms with Crippen LogP contribution in [0.25, 0.3) is 0 Å². The molecule has 90 valence electrons. The first kappa shape index (κ1) is 12.9. The number of hydrogen-bond donors (Lipinski definition) is 1. The van der Waals surface area contributed by atoms with Gasteiger partial charge in [-0.25, -0.2) is 13.6 Å². The summed E-state index contributed by atoms with van der Waals surface area (Å²) in [5.41, 5.74) is 0.783. The highest BCUT2D eigenvalue weighted by atomic mass is 32.2. The number of ether oxygens (including phenoxy) is 1. The first-order valence-corrected chi connectivity index (χ1v) is 6.65. The number of aryl methyl sites for hydroxylation is 1. The molecule has 0 aromatic carbocycles. The van der Waals surface area contributed by atoms with Crippen LogP contribution < -0.4 is 9.88 Å². The molecule has 1 atom stereocenters. The summed E-state index contributed by atoms with van der Waals surface area (Å²) in [6.07, 6.45) is 1.68. The largest absolute Gasteiger partial charge is 0.491 e. The highest BCUT2D eigenvalue weighted by molar-refractivity contribution is 7.89. The fourth-order valence-electron chi connectivity index (χ4n) is 1.30. The lowest BCUT2D eigenvalue weighted by Gasteiger charge is -2.12. The molecular weight excluding hydrogens is 228 g/mol. The molecule has 0 saturated carbocycles. The van der Waals surface area contributed by atoms with Gasteiger partial charge in [0.15, 0.2) is 0 Å². The number of nitrogens with two attached hydrogens (primary N) is 1. The van der Waals surface area contributed by atoms with Crippen molar-refractivity contribution in [3.63, 3.8) is 0 Å². The van der Waals surface area contributed by atoms with Crippen LogP contribution in [0.5, 0.6) is 5.75 Å². The molecule has 16 heavy (non-hydrogen) atoms. The maximum absolute atomic E-state index is 10.8. The van der Waals surface area contributed by atoms with Crippen molar-refractivity contribution >= 4 is 10.0 Å². The van der Waals surface area contributed by atoms with Gasteiger partial charge < -0.3 is 4.74 Å². The van der Waals surface area contributed by atoms with Crippen LogP contribution in [0.4, 0.5) is 0 Å². The Balaban J connectivity index is 2.49. The molecule has 5 nitrogen and oxygen atoms in total. The van der Waals surface area contributed by atoms with Gasteiger partial charge in [0.25, 0.3) is 0 Å². The zero-order valence-electron chi connectivity index (χ0n) is 9.38. The molecule has 1 aromatic rings. The van der Waals surface area contributed by atoms with E-state index in [0.717, 1.165) is 5.69 Å². The Morgan fingerprint density at radius 3 is 2.81 bits per heavy atom. The summed E-state index contributed by atoms with van der Waals surface area (Å²) in [5.74, 6) is 0.449. The number of hydrogen-bond acceptors (Lipinski definition) is 4. The molecule has 0 saturated heterocycles. The average Bonchev–Trinajstić information content (AvgIpc) is 2.14. The summed E-state index contributed by atoms with van der Waals surface area (Å²) < 4.78 is 27.1. The van der Waals surface area contributed by atoms with Crippen LogP contribution in [0.2, 0.25) is 0 Å². The molecule has 1 heterocycles. The Bertz CT molecular complexity index is 445. The van der Waals surface area contributed by atoms with Crippen LogP contribution >= 0.6 is 0 Å². The molecule has 0 bridgehead atoms. The first-order chi connectivity index (χ1) is 7.38. The summed E-state index contributed by atoms with van der Waals surface area (Å²) in [4.78, 5) is 4.06. The summed E-state index contributed by atoms with van der Waals surface area (Å²) in [6, 6.07) is 3.57. The normalized spacial score (nSPS) is 13.4. The topological polar surface area (TPSA) is 82.3 Å². The van der Waals surface area contributed by atoms with Gasteiger partial charge in [0.2, 0.25) is 10.0 Å². The zero-order valence-corrected chi connectivity index (χ0v) is 10.2. The van der Waals surface area contributed by atoms with E-state index in [4.69, 9.17) is 9.88 Å². The van der Waals surface area contributed by atoms with Crippen LogP contribution in [0.1, 0.15) is 12.6 Å². The second-order valence-electron chi connectivity index (χ2n) is 3.83. The fraction of sp³-hybridized carbons (Fsp3) is 0.500. The third-order valence-corrected chi connectivity index (χ3v) is 3.03. The van der Waals surface area contributed by atoms with E-state index in [1.807, 2.05) is 6.92 Å². The molecule has 0 spiro atoms. The molecule has 0 radical (unpaired) electrons. The van der Waals surface area contributed by atoms with E-state index in [0.29, 0.717) is 12.4 Å². The number of rotatable bonds is 5. The van der Waals surface area contributed by atoms with Crippen LogP contribution in [0.3, 0.4) is 0 Å². The van der Waals surface area contributed by atoms with E-state index >= 15 is 0 Å². The number of aromatic nitrogens is 1. The average molecular weight is 244 g/mol. The van der Waals surface area contributed by atoms with Crippen LogP contribution in [0.15, 0.2) is 18.3 Å². The van der Waals surface area contributed by atoms with Crippen molar-refractivity contribution in [1.82, 2.24) is 4.98 Å². The van der Waals surface area contributed by atoms with Gasteiger partial charge in [0.1, 0.15) is 5.75 Å². The van der Waals surface area contributed by atoms with Gasteiger partial charge >= 0.3 is 0 Å². The third kappa shape index (κ3) is 4.59. The second kappa shape index (κ2) is 5.27. The van der Waals surface area contributed by atoms with Gasteiger partial charge in [0.05, 0.1) is 18.1 Å². The van der Waals surface area contributed by atoms with Gasteiger partial charge in [-0.3, -0.25) is 4.98 Å². The quantitative estimate of drug-likeness (QED) is 0.826. The summed E-state index contributed by atoms with van der Waals surface area (Å²) >= 11 is 0. The molecule has 1 rings (SSSR count). The predicted octanol–water partition coefficient (Wildman–Crippen LogP) is 0.693. The first-order valence-electron chi connectivity index (χ1n) is 4.93. The second-order valence-corrected chi connectivity index (χ2v) is 5.49. The molecule has 0 aliphatic heterocycles. The van der Waals surface area contributed by atoms with Crippen molar-refractivity contribution in [3.05, 3.63) is 24.0 Å². The molecule has 0 amide bonds. The van der Waals surface area contributed by atoms with E-state index in [2.05, 4.69) is 4.98 Å². The van der Waals surface area contributed by atoms with Gasteiger partial charge in [0, 0.05) is 12.1 Å². The number of nitrogens with zero attached hydrogens (tertiary/aromatic N) is 1. The van der Waals surface area contributed by atoms with Crippen LogP contribution in [-0.2, 0) is 10.0 Å². The highest BCUT2D eigenvalue weighted by Crippen LogP contribution is 2.14. The summed E-state index contributed by atoms with van der Waals surface area (Å²) in [7, 11) is -3.43. The molecular formula is C10H16N2O3S. The van der Waals surface area contributed by atoms with E-state index in [-0.39, 0.29) is 11.7 Å². The highest BCUT2D eigenvalue weighted by Gasteiger charge is 2.12. The van der Waals surface area contributed by atoms with Gasteiger partial charge in [-0.2, -0.15) is 0 Å². The predicted molar refractivity (Wildman–Crippen MR) is 61.6 cm³/mol. The Hall–Kier alpha value is -1.14. The number of pyridine rings is 1. The Labute approximate surface area is 95.7 Å². The van der Waals surface area contributed by atoms with Gasteiger partial charge in [-0.1, -0.05) is 6.92 Å². The van der Waals surface area contributed by atoms with Crippen molar-refractivity contribution in [1.29, 1.82) is 0 Å². The van der Waals surface area contributed by atoms with Crippen molar-refractivity contribution < 1.29 is 13.2 Å². The standard InChI is InChI=1S/C10H16N2O3S/c1-8(7-16(11,13)14)6-15-10-4-3-5-12-9(10)2/h3-5,8H,6-7H2,1-2H3,(H2,11,13,14). The van der Waals surface area contributed by atoms with Gasteiger partial charge in [-0.15, -0.1) is 0 Å². The minimum absolute atomic E-state index is 0.0771. The minimum atomic E-state index is -3.43. The molecule has 0 fully saturated rings. The van der Waals surface area contributed by atoms with E-state index < -0.39 is 10.0 Å². The molecule has 1 aromatic heterocycles. The Kier molecular flexibility index (Phi) is 4.26. The Morgan fingerprint density at radius 2 is 2.25 bits per heavy atom. The summed E-state index contributed by atoms with van der Waals surface area (Å²) in [6.45, 7) is 3.92. The Morgan fingerprint density at radius 1 is 1.56 bits per heavy atom. The van der Waals surface area contributed by atoms with Crippen molar-refractivity contribution in [2.75, 3.05) is 12.4 Å². The van der Waals surface area contributed by atoms with E-state index in [9.17, 15) is 8.42 Å². The lowest BCUT2D eigenvalue weighted by molar-refractivity contribution is 0.269. The monoisotopic (exact) mass is 244 g/mol. The van der Waals surface area contributed by atoms with E-state index in [1.54, 1.807) is 25.3 Å². The maximum Gasteiger partial charge on any atom is 0.209 e. The van der Waals surface area contributed by atoms with Gasteiger partial charge in [-0.05, 0) is 19.1 Å². The molecule has 0 aliphatic rings. The van der Waals surface area contributed by atoms with Crippen molar-refractivity contribution in [2.24, 2.45) is 11.1 Å². The van der Waals surface area contributed by atoms with Crippen molar-refractivity contribution in [2.45, 2.75) is 13.8 Å². The molecule has 0 aliphatic carbocycles. The molecule has 2 N–H and O–H groups in total.